The van der Waals surface area contributed by atoms with Gasteiger partial charge in [0.1, 0.15) is 24.3 Å². The number of ether oxygens (including phenoxy) is 1. The minimum atomic E-state index is -0.427. The Kier molecular flexibility index (Phi) is 8.15. The Morgan fingerprint density at radius 1 is 1.16 bits per heavy atom. The number of piperazine rings is 1. The highest BCUT2D eigenvalue weighted by Gasteiger charge is 2.33. The fourth-order valence-electron chi connectivity index (χ4n) is 6.22. The summed E-state index contributed by atoms with van der Waals surface area (Å²) in [5.41, 5.74) is 1.59. The number of rotatable bonds is 7. The maximum atomic E-state index is 16.1. The first-order chi connectivity index (χ1) is 20.9. The lowest BCUT2D eigenvalue weighted by Gasteiger charge is -2.39. The molecule has 3 heterocycles. The van der Waals surface area contributed by atoms with Crippen LogP contribution >= 0.6 is 11.6 Å². The molecule has 2 aliphatic rings. The van der Waals surface area contributed by atoms with Gasteiger partial charge in [0.15, 0.2) is 0 Å². The lowest BCUT2D eigenvalue weighted by atomic mass is 9.96. The van der Waals surface area contributed by atoms with Gasteiger partial charge in [0.25, 0.3) is 0 Å². The molecule has 2 saturated heterocycles. The number of aromatic nitrogens is 2. The van der Waals surface area contributed by atoms with Crippen molar-refractivity contribution in [3.8, 4) is 17.1 Å². The van der Waals surface area contributed by atoms with Crippen LogP contribution in [0.15, 0.2) is 61.2 Å². The van der Waals surface area contributed by atoms with E-state index < -0.39 is 5.82 Å². The van der Waals surface area contributed by atoms with E-state index in [-0.39, 0.29) is 30.5 Å². The zero-order valence-corrected chi connectivity index (χ0v) is 24.7. The molecule has 0 N–H and O–H groups in total. The minimum absolute atomic E-state index is 0.136. The number of fused-ring (bicyclic) bond motifs is 2. The van der Waals surface area contributed by atoms with Gasteiger partial charge in [-0.1, -0.05) is 48.5 Å². The van der Waals surface area contributed by atoms with Gasteiger partial charge in [-0.2, -0.15) is 9.97 Å². The lowest BCUT2D eigenvalue weighted by molar-refractivity contribution is -0.128. The topological polar surface area (TPSA) is 66.2 Å². The van der Waals surface area contributed by atoms with Gasteiger partial charge in [-0.05, 0) is 61.7 Å². The predicted octanol–water partition coefficient (Wildman–Crippen LogP) is 5.84. The van der Waals surface area contributed by atoms with Gasteiger partial charge in [0.2, 0.25) is 12.5 Å². The summed E-state index contributed by atoms with van der Waals surface area (Å²) in [4.78, 5) is 31.6. The normalized spacial score (nSPS) is 19.1. The molecule has 0 spiro atoms. The summed E-state index contributed by atoms with van der Waals surface area (Å²) in [6.07, 6.45) is 3.42. The summed E-state index contributed by atoms with van der Waals surface area (Å²) >= 11 is 6.60. The van der Waals surface area contributed by atoms with Crippen molar-refractivity contribution in [1.82, 2.24) is 19.8 Å². The van der Waals surface area contributed by atoms with E-state index in [0.717, 1.165) is 30.2 Å². The number of carbonyl (C=O) groups excluding carboxylic acids is 1. The first kappa shape index (κ1) is 28.8. The molecule has 2 aliphatic heterocycles. The number of nitrogens with zero attached hydrogens (tertiary/aromatic N) is 6. The van der Waals surface area contributed by atoms with Gasteiger partial charge >= 0.3 is 6.01 Å². The van der Waals surface area contributed by atoms with Crippen LogP contribution in [0.3, 0.4) is 0 Å². The fourth-order valence-corrected chi connectivity index (χ4v) is 6.50. The van der Waals surface area contributed by atoms with Gasteiger partial charge in [-0.25, -0.2) is 11.0 Å². The van der Waals surface area contributed by atoms with E-state index in [4.69, 9.17) is 32.9 Å². The molecule has 0 aliphatic carbocycles. The van der Waals surface area contributed by atoms with Crippen molar-refractivity contribution in [1.29, 1.82) is 0 Å². The fraction of sp³-hybridized carbons (Fsp3) is 0.333. The lowest BCUT2D eigenvalue weighted by Crippen LogP contribution is -2.56. The van der Waals surface area contributed by atoms with Crippen LogP contribution in [0.5, 0.6) is 6.01 Å². The highest BCUT2D eigenvalue weighted by Crippen LogP contribution is 2.38. The Balaban J connectivity index is 1.45. The Labute approximate surface area is 255 Å². The molecule has 0 unspecified atom stereocenters. The highest BCUT2D eigenvalue weighted by atomic mass is 35.5. The van der Waals surface area contributed by atoms with Crippen LogP contribution in [0.2, 0.25) is 5.02 Å². The number of halogens is 2. The number of hydrogen-bond donors (Lipinski definition) is 0. The molecule has 0 radical (unpaired) electrons. The smallest absolute Gasteiger partial charge is 0.319 e. The van der Waals surface area contributed by atoms with Crippen molar-refractivity contribution in [3.05, 3.63) is 83.4 Å². The molecule has 4 aromatic rings. The van der Waals surface area contributed by atoms with E-state index in [9.17, 15) is 4.79 Å². The maximum Gasteiger partial charge on any atom is 0.319 e. The monoisotopic (exact) mass is 598 g/mol. The third-order valence-electron chi connectivity index (χ3n) is 8.51. The summed E-state index contributed by atoms with van der Waals surface area (Å²) in [6, 6.07) is 14.6. The van der Waals surface area contributed by atoms with Crippen LogP contribution in [0.4, 0.5) is 10.2 Å². The molecule has 1 amide bonds. The molecule has 3 aromatic carbocycles. The van der Waals surface area contributed by atoms with Gasteiger partial charge in [-0.3, -0.25) is 4.79 Å². The van der Waals surface area contributed by atoms with Gasteiger partial charge in [-0.15, -0.1) is 0 Å². The number of hydrogen-bond acceptors (Lipinski definition) is 6. The Morgan fingerprint density at radius 2 is 1.98 bits per heavy atom. The summed E-state index contributed by atoms with van der Waals surface area (Å²) in [6.45, 7) is 13.9. The molecule has 2 fully saturated rings. The average molecular weight is 599 g/mol. The molecular formula is C33H32ClFN6O2. The van der Waals surface area contributed by atoms with Gasteiger partial charge in [0, 0.05) is 47.0 Å². The van der Waals surface area contributed by atoms with E-state index >= 15 is 4.39 Å². The number of benzene rings is 3. The Morgan fingerprint density at radius 3 is 2.72 bits per heavy atom. The highest BCUT2D eigenvalue weighted by molar-refractivity contribution is 6.36. The first-order valence-electron chi connectivity index (χ1n) is 14.4. The van der Waals surface area contributed by atoms with Crippen molar-refractivity contribution >= 4 is 45.0 Å². The third-order valence-corrected chi connectivity index (χ3v) is 8.82. The molecule has 8 nitrogen and oxygen atoms in total. The van der Waals surface area contributed by atoms with Crippen molar-refractivity contribution in [2.45, 2.75) is 24.9 Å². The van der Waals surface area contributed by atoms with Crippen molar-refractivity contribution < 1.29 is 13.9 Å². The van der Waals surface area contributed by atoms with E-state index in [1.807, 2.05) is 35.2 Å². The number of likely N-dealkylation sites (N-methyl/N-ethyl adjacent to an activating group) is 1. The maximum absolute atomic E-state index is 16.1. The predicted molar refractivity (Wildman–Crippen MR) is 168 cm³/mol. The summed E-state index contributed by atoms with van der Waals surface area (Å²) in [5.74, 6) is -0.124. The van der Waals surface area contributed by atoms with Crippen molar-refractivity contribution in [3.63, 3.8) is 0 Å². The molecule has 1 aromatic heterocycles. The second-order valence-corrected chi connectivity index (χ2v) is 11.5. The molecular weight excluding hydrogens is 567 g/mol. The molecule has 43 heavy (non-hydrogen) atoms. The van der Waals surface area contributed by atoms with Crippen LogP contribution in [-0.2, 0) is 4.79 Å². The Hall–Kier alpha value is -4.26. The number of amides is 1. The largest absolute Gasteiger partial charge is 0.462 e. The summed E-state index contributed by atoms with van der Waals surface area (Å²) < 4.78 is 22.2. The zero-order chi connectivity index (χ0) is 30.1. The van der Waals surface area contributed by atoms with Gasteiger partial charge < -0.3 is 24.3 Å². The Bertz CT molecular complexity index is 1750. The zero-order valence-electron chi connectivity index (χ0n) is 24.0. The second-order valence-electron chi connectivity index (χ2n) is 11.1. The van der Waals surface area contributed by atoms with E-state index in [0.29, 0.717) is 59.1 Å². The number of likely N-dealkylation sites (tertiary alicyclic amines) is 1. The standard InChI is InChI=1S/C33H32ClFN6O2/c1-4-30(42)41-15-14-40(19-23(41)18-36-2)32-26-16-28(35)25(24-11-5-8-21-9-6-12-27(34)31(21)24)17-29(26)37-33(38-32)43-20-22-10-7-13-39(22)3/h4-6,8-9,11-12,16-17,22-23H,1,7,10,13-15,18-20H2,3H3/t22-,23-/m0/s1. The van der Waals surface area contributed by atoms with Crippen molar-refractivity contribution in [2.75, 3.05) is 51.3 Å². The SMILES string of the molecule is [C-]#[N+]C[C@H]1CN(c2nc(OC[C@@H]3CCCN3C)nc3cc(-c4cccc5cccc(Cl)c45)c(F)cc23)CCN1C(=O)C=C. The van der Waals surface area contributed by atoms with E-state index in [1.54, 1.807) is 17.0 Å². The average Bonchev–Trinajstić information content (AvgIpc) is 3.43. The quantitative estimate of drug-likeness (QED) is 0.197. The molecule has 220 valence electrons. The molecule has 10 heteroatoms. The number of anilines is 1. The van der Waals surface area contributed by atoms with Crippen LogP contribution in [0.1, 0.15) is 12.8 Å². The minimum Gasteiger partial charge on any atom is -0.462 e. The molecule has 0 bridgehead atoms. The van der Waals surface area contributed by atoms with Crippen molar-refractivity contribution in [2.24, 2.45) is 0 Å². The third kappa shape index (κ3) is 5.61. The van der Waals surface area contributed by atoms with E-state index in [2.05, 4.69) is 23.4 Å². The van der Waals surface area contributed by atoms with Crippen LogP contribution in [0, 0.1) is 12.4 Å². The van der Waals surface area contributed by atoms with E-state index in [1.165, 1.54) is 12.1 Å². The van der Waals surface area contributed by atoms with Crippen LogP contribution in [-0.4, -0.2) is 84.1 Å². The van der Waals surface area contributed by atoms with Gasteiger partial charge in [0.05, 0.1) is 5.52 Å². The molecule has 0 saturated carbocycles. The first-order valence-corrected chi connectivity index (χ1v) is 14.8. The molecule has 2 atom stereocenters. The number of carbonyl (C=O) groups is 1. The van der Waals surface area contributed by atoms with Crippen LogP contribution < -0.4 is 9.64 Å². The van der Waals surface area contributed by atoms with Crippen LogP contribution in [0.25, 0.3) is 37.6 Å². The summed E-state index contributed by atoms with van der Waals surface area (Å²) in [7, 11) is 2.08. The summed E-state index contributed by atoms with van der Waals surface area (Å²) in [5, 5.41) is 2.75. The molecule has 6 rings (SSSR count). The second kappa shape index (κ2) is 12.2.